The number of rotatable bonds is 7. The Kier molecular flexibility index (Phi) is 5.61. The molecule has 2 N–H and O–H groups in total. The number of phenolic OH excluding ortho intramolecular Hbond substituents is 1. The van der Waals surface area contributed by atoms with E-state index in [1.807, 2.05) is 12.1 Å². The van der Waals surface area contributed by atoms with Crippen LogP contribution in [0.5, 0.6) is 5.75 Å². The van der Waals surface area contributed by atoms with E-state index in [4.69, 9.17) is 0 Å². The van der Waals surface area contributed by atoms with E-state index in [9.17, 15) is 9.50 Å². The van der Waals surface area contributed by atoms with Gasteiger partial charge in [0.05, 0.1) is 0 Å². The van der Waals surface area contributed by atoms with Gasteiger partial charge in [-0.2, -0.15) is 0 Å². The molecule has 2 aromatic carbocycles. The summed E-state index contributed by atoms with van der Waals surface area (Å²) in [5, 5.41) is 12.8. The summed E-state index contributed by atoms with van der Waals surface area (Å²) in [6, 6.07) is 12.8. The largest absolute Gasteiger partial charge is 0.505 e. The normalized spacial score (nSPS) is 10.6. The van der Waals surface area contributed by atoms with Crippen LogP contribution >= 0.6 is 0 Å². The molecular weight excluding hydrogens is 265 g/mol. The third-order valence-electron chi connectivity index (χ3n) is 3.58. The SMILES string of the molecule is CCCCCc1ccc(NCc2cccc(F)c2O)cc1. The maximum atomic E-state index is 13.2. The summed E-state index contributed by atoms with van der Waals surface area (Å²) in [7, 11) is 0. The topological polar surface area (TPSA) is 32.3 Å². The molecule has 21 heavy (non-hydrogen) atoms. The number of para-hydroxylation sites is 1. The smallest absolute Gasteiger partial charge is 0.165 e. The highest BCUT2D eigenvalue weighted by Gasteiger charge is 2.05. The van der Waals surface area contributed by atoms with Crippen LogP contribution in [0, 0.1) is 5.82 Å². The number of halogens is 1. The fourth-order valence-corrected chi connectivity index (χ4v) is 2.27. The molecule has 0 aliphatic carbocycles. The fraction of sp³-hybridized carbons (Fsp3) is 0.333. The van der Waals surface area contributed by atoms with Crippen molar-refractivity contribution in [3.63, 3.8) is 0 Å². The number of aryl methyl sites for hydroxylation is 1. The Morgan fingerprint density at radius 3 is 2.52 bits per heavy atom. The first-order valence-corrected chi connectivity index (χ1v) is 7.50. The summed E-state index contributed by atoms with van der Waals surface area (Å²) in [5.41, 5.74) is 2.86. The van der Waals surface area contributed by atoms with Crippen molar-refractivity contribution in [2.24, 2.45) is 0 Å². The second-order valence-electron chi connectivity index (χ2n) is 5.26. The molecule has 0 amide bonds. The molecule has 2 aromatic rings. The molecular formula is C18H22FNO. The van der Waals surface area contributed by atoms with Gasteiger partial charge in [-0.05, 0) is 36.6 Å². The van der Waals surface area contributed by atoms with Crippen molar-refractivity contribution < 1.29 is 9.50 Å². The molecule has 112 valence electrons. The molecule has 0 atom stereocenters. The number of unbranched alkanes of at least 4 members (excludes halogenated alkanes) is 2. The zero-order valence-corrected chi connectivity index (χ0v) is 12.4. The Morgan fingerprint density at radius 1 is 1.05 bits per heavy atom. The Hall–Kier alpha value is -2.03. The quantitative estimate of drug-likeness (QED) is 0.712. The van der Waals surface area contributed by atoms with Gasteiger partial charge in [0.15, 0.2) is 11.6 Å². The van der Waals surface area contributed by atoms with Crippen molar-refractivity contribution in [2.45, 2.75) is 39.2 Å². The highest BCUT2D eigenvalue weighted by molar-refractivity contribution is 5.46. The summed E-state index contributed by atoms with van der Waals surface area (Å²) in [4.78, 5) is 0. The highest BCUT2D eigenvalue weighted by atomic mass is 19.1. The molecule has 0 fully saturated rings. The lowest BCUT2D eigenvalue weighted by atomic mass is 10.1. The first-order valence-electron chi connectivity index (χ1n) is 7.50. The van der Waals surface area contributed by atoms with E-state index >= 15 is 0 Å². The van der Waals surface area contributed by atoms with Crippen molar-refractivity contribution in [2.75, 3.05) is 5.32 Å². The van der Waals surface area contributed by atoms with Crippen LogP contribution in [0.25, 0.3) is 0 Å². The third-order valence-corrected chi connectivity index (χ3v) is 3.58. The standard InChI is InChI=1S/C18H22FNO/c1-2-3-4-6-14-9-11-16(12-10-14)20-13-15-7-5-8-17(19)18(15)21/h5,7-12,20-21H,2-4,6,13H2,1H3. The minimum absolute atomic E-state index is 0.277. The molecule has 0 radical (unpaired) electrons. The Morgan fingerprint density at radius 2 is 1.81 bits per heavy atom. The predicted molar refractivity (Wildman–Crippen MR) is 85.1 cm³/mol. The molecule has 0 bridgehead atoms. The predicted octanol–water partition coefficient (Wildman–Crippen LogP) is 4.88. The molecule has 0 saturated carbocycles. The number of aromatic hydroxyl groups is 1. The van der Waals surface area contributed by atoms with Crippen LogP contribution in [0.3, 0.4) is 0 Å². The summed E-state index contributed by atoms with van der Waals surface area (Å²) in [5.74, 6) is -0.859. The van der Waals surface area contributed by atoms with Crippen molar-refractivity contribution in [1.29, 1.82) is 0 Å². The lowest BCUT2D eigenvalue weighted by molar-refractivity contribution is 0.427. The van der Waals surface area contributed by atoms with Gasteiger partial charge in [0.25, 0.3) is 0 Å². The molecule has 3 heteroatoms. The first-order chi connectivity index (χ1) is 10.2. The van der Waals surface area contributed by atoms with Crippen LogP contribution in [0.1, 0.15) is 37.3 Å². The summed E-state index contributed by atoms with van der Waals surface area (Å²) in [6.07, 6.45) is 4.83. The molecule has 0 aliphatic heterocycles. The number of phenols is 1. The number of hydrogen-bond donors (Lipinski definition) is 2. The minimum atomic E-state index is -0.583. The average molecular weight is 287 g/mol. The molecule has 2 nitrogen and oxygen atoms in total. The van der Waals surface area contributed by atoms with Crippen LogP contribution in [0.2, 0.25) is 0 Å². The van der Waals surface area contributed by atoms with E-state index in [1.165, 1.54) is 30.9 Å². The summed E-state index contributed by atoms with van der Waals surface area (Å²) in [6.45, 7) is 2.60. The van der Waals surface area contributed by atoms with E-state index in [0.29, 0.717) is 12.1 Å². The summed E-state index contributed by atoms with van der Waals surface area (Å²) >= 11 is 0. The zero-order chi connectivity index (χ0) is 15.1. The lowest BCUT2D eigenvalue weighted by Crippen LogP contribution is -2.00. The zero-order valence-electron chi connectivity index (χ0n) is 12.4. The van der Waals surface area contributed by atoms with Gasteiger partial charge < -0.3 is 10.4 Å². The molecule has 0 heterocycles. The molecule has 0 saturated heterocycles. The maximum Gasteiger partial charge on any atom is 0.165 e. The second kappa shape index (κ2) is 7.67. The molecule has 0 aromatic heterocycles. The van der Waals surface area contributed by atoms with E-state index in [1.54, 1.807) is 12.1 Å². The van der Waals surface area contributed by atoms with E-state index in [0.717, 1.165) is 12.1 Å². The van der Waals surface area contributed by atoms with Gasteiger partial charge in [0.2, 0.25) is 0 Å². The van der Waals surface area contributed by atoms with Gasteiger partial charge in [-0.15, -0.1) is 0 Å². The maximum absolute atomic E-state index is 13.2. The Balaban J connectivity index is 1.90. The number of nitrogens with one attached hydrogen (secondary N) is 1. The van der Waals surface area contributed by atoms with Crippen molar-refractivity contribution in [3.05, 3.63) is 59.4 Å². The second-order valence-corrected chi connectivity index (χ2v) is 5.26. The third kappa shape index (κ3) is 4.48. The monoisotopic (exact) mass is 287 g/mol. The van der Waals surface area contributed by atoms with Gasteiger partial charge in [-0.1, -0.05) is 44.0 Å². The first kappa shape index (κ1) is 15.4. The van der Waals surface area contributed by atoms with Crippen LogP contribution in [-0.2, 0) is 13.0 Å². The average Bonchev–Trinajstić information content (AvgIpc) is 2.50. The van der Waals surface area contributed by atoms with E-state index in [2.05, 4.69) is 24.4 Å². The minimum Gasteiger partial charge on any atom is -0.505 e. The Bertz CT molecular complexity index is 566. The summed E-state index contributed by atoms with van der Waals surface area (Å²) < 4.78 is 13.2. The molecule has 0 aliphatic rings. The number of benzene rings is 2. The van der Waals surface area contributed by atoms with Crippen LogP contribution < -0.4 is 5.32 Å². The highest BCUT2D eigenvalue weighted by Crippen LogP contribution is 2.22. The van der Waals surface area contributed by atoms with Gasteiger partial charge >= 0.3 is 0 Å². The van der Waals surface area contributed by atoms with Crippen molar-refractivity contribution in [1.82, 2.24) is 0 Å². The Labute approximate surface area is 125 Å². The number of hydrogen-bond acceptors (Lipinski definition) is 2. The van der Waals surface area contributed by atoms with Gasteiger partial charge in [0, 0.05) is 17.8 Å². The van der Waals surface area contributed by atoms with Gasteiger partial charge in [-0.3, -0.25) is 0 Å². The molecule has 0 unspecified atom stereocenters. The molecule has 0 spiro atoms. The van der Waals surface area contributed by atoms with Crippen LogP contribution in [0.4, 0.5) is 10.1 Å². The van der Waals surface area contributed by atoms with Gasteiger partial charge in [0.1, 0.15) is 0 Å². The van der Waals surface area contributed by atoms with Gasteiger partial charge in [-0.25, -0.2) is 4.39 Å². The lowest BCUT2D eigenvalue weighted by Gasteiger charge is -2.09. The fourth-order valence-electron chi connectivity index (χ4n) is 2.27. The van der Waals surface area contributed by atoms with Crippen LogP contribution in [-0.4, -0.2) is 5.11 Å². The van der Waals surface area contributed by atoms with E-state index in [-0.39, 0.29) is 5.75 Å². The van der Waals surface area contributed by atoms with Crippen molar-refractivity contribution in [3.8, 4) is 5.75 Å². The van der Waals surface area contributed by atoms with Crippen LogP contribution in [0.15, 0.2) is 42.5 Å². The number of anilines is 1. The molecule has 2 rings (SSSR count). The van der Waals surface area contributed by atoms with Crippen molar-refractivity contribution >= 4 is 5.69 Å². The van der Waals surface area contributed by atoms with E-state index < -0.39 is 5.82 Å².